The van der Waals surface area contributed by atoms with E-state index in [-0.39, 0.29) is 5.56 Å². The van der Waals surface area contributed by atoms with Crippen molar-refractivity contribution in [3.8, 4) is 0 Å². The Morgan fingerprint density at radius 3 is 3.00 bits per heavy atom. The van der Waals surface area contributed by atoms with Crippen LogP contribution in [0, 0.1) is 0 Å². The fourth-order valence-corrected chi connectivity index (χ4v) is 1.63. The SMILES string of the molecule is O=C(O)c1c[nH]c2c(Br)cncc12. The Morgan fingerprint density at radius 2 is 2.31 bits per heavy atom. The second-order valence-electron chi connectivity index (χ2n) is 2.55. The zero-order valence-corrected chi connectivity index (χ0v) is 8.00. The van der Waals surface area contributed by atoms with Gasteiger partial charge in [0, 0.05) is 24.0 Å². The van der Waals surface area contributed by atoms with E-state index < -0.39 is 5.97 Å². The molecule has 13 heavy (non-hydrogen) atoms. The molecule has 0 fully saturated rings. The third kappa shape index (κ3) is 1.21. The first-order valence-electron chi connectivity index (χ1n) is 3.54. The number of aromatic amines is 1. The van der Waals surface area contributed by atoms with E-state index in [1.807, 2.05) is 0 Å². The summed E-state index contributed by atoms with van der Waals surface area (Å²) in [7, 11) is 0. The van der Waals surface area contributed by atoms with Crippen molar-refractivity contribution in [1.82, 2.24) is 9.97 Å². The summed E-state index contributed by atoms with van der Waals surface area (Å²) in [5.41, 5.74) is 0.996. The molecule has 0 aliphatic carbocycles. The van der Waals surface area contributed by atoms with Gasteiger partial charge in [0.05, 0.1) is 15.6 Å². The molecule has 2 rings (SSSR count). The zero-order chi connectivity index (χ0) is 9.42. The normalized spacial score (nSPS) is 10.5. The van der Waals surface area contributed by atoms with Gasteiger partial charge in [-0.3, -0.25) is 4.98 Å². The maximum Gasteiger partial charge on any atom is 0.337 e. The molecule has 0 atom stereocenters. The number of fused-ring (bicyclic) bond motifs is 1. The summed E-state index contributed by atoms with van der Waals surface area (Å²) in [6.07, 6.45) is 4.60. The maximum atomic E-state index is 10.7. The molecule has 0 spiro atoms. The summed E-state index contributed by atoms with van der Waals surface area (Å²) < 4.78 is 0.762. The highest BCUT2D eigenvalue weighted by molar-refractivity contribution is 9.10. The van der Waals surface area contributed by atoms with Crippen molar-refractivity contribution < 1.29 is 9.90 Å². The van der Waals surface area contributed by atoms with E-state index in [4.69, 9.17) is 5.11 Å². The number of pyridine rings is 1. The second kappa shape index (κ2) is 2.85. The second-order valence-corrected chi connectivity index (χ2v) is 3.41. The number of carboxylic acids is 1. The molecule has 4 nitrogen and oxygen atoms in total. The van der Waals surface area contributed by atoms with Gasteiger partial charge in [0.2, 0.25) is 0 Å². The van der Waals surface area contributed by atoms with Crippen LogP contribution >= 0.6 is 15.9 Å². The number of aromatic carboxylic acids is 1. The van der Waals surface area contributed by atoms with E-state index in [0.717, 1.165) is 9.99 Å². The van der Waals surface area contributed by atoms with Gasteiger partial charge in [0.15, 0.2) is 0 Å². The lowest BCUT2D eigenvalue weighted by Crippen LogP contribution is -1.93. The molecule has 5 heteroatoms. The van der Waals surface area contributed by atoms with Crippen LogP contribution < -0.4 is 0 Å². The van der Waals surface area contributed by atoms with Crippen molar-refractivity contribution >= 4 is 32.8 Å². The first-order chi connectivity index (χ1) is 6.20. The van der Waals surface area contributed by atoms with E-state index in [9.17, 15) is 4.79 Å². The van der Waals surface area contributed by atoms with Gasteiger partial charge in [0.1, 0.15) is 0 Å². The molecule has 0 aliphatic heterocycles. The molecule has 0 aliphatic rings. The average Bonchev–Trinajstić information content (AvgIpc) is 2.48. The number of H-pyrrole nitrogens is 1. The highest BCUT2D eigenvalue weighted by Crippen LogP contribution is 2.23. The summed E-state index contributed by atoms with van der Waals surface area (Å²) in [5, 5.41) is 9.41. The fraction of sp³-hybridized carbons (Fsp3) is 0. The molecule has 0 radical (unpaired) electrons. The van der Waals surface area contributed by atoms with Gasteiger partial charge in [-0.15, -0.1) is 0 Å². The van der Waals surface area contributed by atoms with Gasteiger partial charge in [-0.2, -0.15) is 0 Å². The van der Waals surface area contributed by atoms with Gasteiger partial charge in [0.25, 0.3) is 0 Å². The lowest BCUT2D eigenvalue weighted by molar-refractivity contribution is 0.0699. The Morgan fingerprint density at radius 1 is 1.54 bits per heavy atom. The molecule has 2 N–H and O–H groups in total. The smallest absolute Gasteiger partial charge is 0.337 e. The van der Waals surface area contributed by atoms with Crippen molar-refractivity contribution in [3.05, 3.63) is 28.6 Å². The highest BCUT2D eigenvalue weighted by Gasteiger charge is 2.11. The lowest BCUT2D eigenvalue weighted by Gasteiger charge is -1.92. The number of rotatable bonds is 1. The minimum atomic E-state index is -0.953. The molecule has 2 aromatic heterocycles. The average molecular weight is 241 g/mol. The standard InChI is InChI=1S/C8H5BrN2O2/c9-6-3-10-1-4-5(8(12)13)2-11-7(4)6/h1-3,11H,(H,12,13). The molecule has 0 saturated heterocycles. The third-order valence-corrected chi connectivity index (χ3v) is 2.38. The van der Waals surface area contributed by atoms with Gasteiger partial charge in [-0.25, -0.2) is 4.79 Å². The van der Waals surface area contributed by atoms with Gasteiger partial charge in [-0.1, -0.05) is 0 Å². The van der Waals surface area contributed by atoms with E-state index in [1.54, 1.807) is 6.20 Å². The predicted octanol–water partition coefficient (Wildman–Crippen LogP) is 2.02. The maximum absolute atomic E-state index is 10.7. The third-order valence-electron chi connectivity index (χ3n) is 1.78. The Balaban J connectivity index is 2.83. The monoisotopic (exact) mass is 240 g/mol. The number of halogens is 1. The van der Waals surface area contributed by atoms with Crippen molar-refractivity contribution in [2.75, 3.05) is 0 Å². The number of hydrogen-bond acceptors (Lipinski definition) is 2. The first-order valence-corrected chi connectivity index (χ1v) is 4.33. The summed E-state index contributed by atoms with van der Waals surface area (Å²) in [6, 6.07) is 0. The van der Waals surface area contributed by atoms with E-state index in [0.29, 0.717) is 5.39 Å². The Bertz CT molecular complexity index is 478. The van der Waals surface area contributed by atoms with Crippen LogP contribution in [0.15, 0.2) is 23.1 Å². The van der Waals surface area contributed by atoms with Crippen molar-refractivity contribution in [3.63, 3.8) is 0 Å². The van der Waals surface area contributed by atoms with Crippen LogP contribution in [0.2, 0.25) is 0 Å². The fourth-order valence-electron chi connectivity index (χ4n) is 1.18. The number of hydrogen-bond donors (Lipinski definition) is 2. The van der Waals surface area contributed by atoms with Crippen molar-refractivity contribution in [2.45, 2.75) is 0 Å². The Kier molecular flexibility index (Phi) is 1.81. The minimum absolute atomic E-state index is 0.240. The molecule has 0 saturated carbocycles. The molecular weight excluding hydrogens is 236 g/mol. The minimum Gasteiger partial charge on any atom is -0.478 e. The van der Waals surface area contributed by atoms with Crippen LogP contribution in [0.4, 0.5) is 0 Å². The van der Waals surface area contributed by atoms with Crippen molar-refractivity contribution in [1.29, 1.82) is 0 Å². The predicted molar refractivity (Wildman–Crippen MR) is 50.8 cm³/mol. The summed E-state index contributed by atoms with van der Waals surface area (Å²) in [4.78, 5) is 17.5. The van der Waals surface area contributed by atoms with Crippen LogP contribution in [0.1, 0.15) is 10.4 Å². The molecule has 66 valence electrons. The number of nitrogens with one attached hydrogen (secondary N) is 1. The lowest BCUT2D eigenvalue weighted by atomic mass is 10.2. The van der Waals surface area contributed by atoms with Crippen LogP contribution in [-0.4, -0.2) is 21.0 Å². The van der Waals surface area contributed by atoms with Crippen LogP contribution in [0.25, 0.3) is 10.9 Å². The quantitative estimate of drug-likeness (QED) is 0.802. The van der Waals surface area contributed by atoms with Gasteiger partial charge < -0.3 is 10.1 Å². The Labute approximate surface area is 81.7 Å². The topological polar surface area (TPSA) is 66.0 Å². The molecule has 2 aromatic rings. The van der Waals surface area contributed by atoms with E-state index in [1.165, 1.54) is 12.4 Å². The molecule has 0 amide bonds. The van der Waals surface area contributed by atoms with Gasteiger partial charge in [-0.05, 0) is 15.9 Å². The van der Waals surface area contributed by atoms with Crippen LogP contribution in [0.3, 0.4) is 0 Å². The molecular formula is C8H5BrN2O2. The van der Waals surface area contributed by atoms with Crippen molar-refractivity contribution in [2.24, 2.45) is 0 Å². The molecule has 0 bridgehead atoms. The first kappa shape index (κ1) is 8.25. The Hall–Kier alpha value is -1.36. The zero-order valence-electron chi connectivity index (χ0n) is 6.41. The highest BCUT2D eigenvalue weighted by atomic mass is 79.9. The van der Waals surface area contributed by atoms with E-state index >= 15 is 0 Å². The van der Waals surface area contributed by atoms with E-state index in [2.05, 4.69) is 25.9 Å². The number of aromatic nitrogens is 2. The molecule has 0 unspecified atom stereocenters. The largest absolute Gasteiger partial charge is 0.478 e. The van der Waals surface area contributed by atoms with Crippen LogP contribution in [0.5, 0.6) is 0 Å². The van der Waals surface area contributed by atoms with Crippen LogP contribution in [-0.2, 0) is 0 Å². The summed E-state index contributed by atoms with van der Waals surface area (Å²) in [5.74, 6) is -0.953. The summed E-state index contributed by atoms with van der Waals surface area (Å²) >= 11 is 3.27. The number of nitrogens with zero attached hydrogens (tertiary/aromatic N) is 1. The summed E-state index contributed by atoms with van der Waals surface area (Å²) in [6.45, 7) is 0. The molecule has 0 aromatic carbocycles. The number of carboxylic acid groups (broad SMARTS) is 1. The van der Waals surface area contributed by atoms with Gasteiger partial charge >= 0.3 is 5.97 Å². The number of carbonyl (C=O) groups is 1. The molecule has 2 heterocycles.